The Morgan fingerprint density at radius 2 is 1.77 bits per heavy atom. The second kappa shape index (κ2) is 7.21. The fraction of sp³-hybridized carbons (Fsp3) is 0.350. The molecule has 0 fully saturated rings. The maximum atomic E-state index is 12.5. The van der Waals surface area contributed by atoms with Gasteiger partial charge >= 0.3 is 0 Å². The van der Waals surface area contributed by atoms with Gasteiger partial charge in [-0.1, -0.05) is 32.0 Å². The lowest BCUT2D eigenvalue weighted by Crippen LogP contribution is -2.35. The lowest BCUT2D eigenvalue weighted by atomic mass is 10.00. The molecular weight excluding hydrogens is 348 g/mol. The Morgan fingerprint density at radius 1 is 1.08 bits per heavy atom. The van der Waals surface area contributed by atoms with Crippen LogP contribution in [0.5, 0.6) is 0 Å². The van der Waals surface area contributed by atoms with Gasteiger partial charge < -0.3 is 5.32 Å². The molecule has 0 radical (unpaired) electrons. The van der Waals surface area contributed by atoms with Gasteiger partial charge in [0, 0.05) is 24.3 Å². The van der Waals surface area contributed by atoms with Gasteiger partial charge in [0.25, 0.3) is 5.91 Å². The minimum Gasteiger partial charge on any atom is -0.322 e. The fourth-order valence-corrected chi connectivity index (χ4v) is 3.91. The van der Waals surface area contributed by atoms with Crippen molar-refractivity contribution < 1.29 is 13.2 Å². The topological polar surface area (TPSA) is 66.5 Å². The van der Waals surface area contributed by atoms with E-state index in [2.05, 4.69) is 19.2 Å². The fourth-order valence-electron chi connectivity index (χ4n) is 3.11. The van der Waals surface area contributed by atoms with Gasteiger partial charge in [-0.05, 0) is 53.3 Å². The summed E-state index contributed by atoms with van der Waals surface area (Å²) in [6.45, 7) is 5.07. The van der Waals surface area contributed by atoms with Gasteiger partial charge in [0.2, 0.25) is 10.0 Å². The van der Waals surface area contributed by atoms with E-state index in [0.717, 1.165) is 11.1 Å². The molecule has 2 aromatic carbocycles. The first kappa shape index (κ1) is 18.6. The second-order valence-electron chi connectivity index (χ2n) is 7.06. The number of nitrogens with zero attached hydrogens (tertiary/aromatic N) is 1. The van der Waals surface area contributed by atoms with Crippen LogP contribution in [0.1, 0.15) is 46.8 Å². The van der Waals surface area contributed by atoms with Crippen LogP contribution >= 0.6 is 0 Å². The number of nitrogens with one attached hydrogen (secondary N) is 1. The smallest absolute Gasteiger partial charge is 0.255 e. The van der Waals surface area contributed by atoms with Gasteiger partial charge in [0.15, 0.2) is 0 Å². The number of sulfonamides is 1. The molecule has 0 saturated carbocycles. The standard InChI is InChI=1S/C20H24N2O3S/c1-14(2)15-4-6-17(7-5-15)20(23)21-19-9-8-16-10-11-22(26(3,24)25)13-18(16)12-19/h4-9,12,14H,10-11,13H2,1-3H3,(H,21,23). The van der Waals surface area contributed by atoms with Crippen LogP contribution < -0.4 is 5.32 Å². The Kier molecular flexibility index (Phi) is 5.16. The molecule has 0 saturated heterocycles. The molecule has 138 valence electrons. The molecule has 5 nitrogen and oxygen atoms in total. The van der Waals surface area contributed by atoms with Crippen molar-refractivity contribution in [3.05, 3.63) is 64.7 Å². The van der Waals surface area contributed by atoms with Crippen LogP contribution in [0.4, 0.5) is 5.69 Å². The maximum absolute atomic E-state index is 12.5. The number of fused-ring (bicyclic) bond motifs is 1. The quantitative estimate of drug-likeness (QED) is 0.895. The molecular formula is C20H24N2O3S. The molecule has 2 aromatic rings. The summed E-state index contributed by atoms with van der Waals surface area (Å²) in [7, 11) is -3.21. The van der Waals surface area contributed by atoms with Crippen LogP contribution in [0, 0.1) is 0 Å². The molecule has 1 aliphatic rings. The van der Waals surface area contributed by atoms with E-state index in [9.17, 15) is 13.2 Å². The van der Waals surface area contributed by atoms with E-state index in [0.29, 0.717) is 36.7 Å². The SMILES string of the molecule is CC(C)c1ccc(C(=O)Nc2ccc3c(c2)CN(S(C)(=O)=O)CC3)cc1. The van der Waals surface area contributed by atoms with Crippen molar-refractivity contribution in [1.82, 2.24) is 4.31 Å². The van der Waals surface area contributed by atoms with Crippen LogP contribution in [0.3, 0.4) is 0 Å². The van der Waals surface area contributed by atoms with Crippen molar-refractivity contribution in [2.24, 2.45) is 0 Å². The molecule has 0 aliphatic carbocycles. The number of carbonyl (C=O) groups is 1. The maximum Gasteiger partial charge on any atom is 0.255 e. The summed E-state index contributed by atoms with van der Waals surface area (Å²) in [5.41, 5.74) is 4.54. The van der Waals surface area contributed by atoms with E-state index in [1.54, 1.807) is 0 Å². The molecule has 1 heterocycles. The third-order valence-corrected chi connectivity index (χ3v) is 6.00. The summed E-state index contributed by atoms with van der Waals surface area (Å²) in [4.78, 5) is 12.5. The Labute approximate surface area is 155 Å². The van der Waals surface area contributed by atoms with Gasteiger partial charge in [0.05, 0.1) is 6.26 Å². The van der Waals surface area contributed by atoms with Crippen molar-refractivity contribution in [3.8, 4) is 0 Å². The van der Waals surface area contributed by atoms with Crippen molar-refractivity contribution in [2.45, 2.75) is 32.7 Å². The number of amides is 1. The third-order valence-electron chi connectivity index (χ3n) is 4.75. The summed E-state index contributed by atoms with van der Waals surface area (Å²) in [5, 5.41) is 2.90. The Balaban J connectivity index is 1.75. The van der Waals surface area contributed by atoms with Crippen LogP contribution in [0.15, 0.2) is 42.5 Å². The number of benzene rings is 2. The summed E-state index contributed by atoms with van der Waals surface area (Å²) in [5.74, 6) is 0.251. The van der Waals surface area contributed by atoms with E-state index in [1.165, 1.54) is 16.1 Å². The van der Waals surface area contributed by atoms with Gasteiger partial charge in [-0.15, -0.1) is 0 Å². The number of carbonyl (C=O) groups excluding carboxylic acids is 1. The first-order chi connectivity index (χ1) is 12.2. The molecule has 6 heteroatoms. The minimum absolute atomic E-state index is 0.170. The highest BCUT2D eigenvalue weighted by atomic mass is 32.2. The first-order valence-corrected chi connectivity index (χ1v) is 10.6. The summed E-state index contributed by atoms with van der Waals surface area (Å²) in [6.07, 6.45) is 1.91. The predicted molar refractivity (Wildman–Crippen MR) is 104 cm³/mol. The van der Waals surface area contributed by atoms with Gasteiger partial charge in [-0.3, -0.25) is 4.79 Å². The van der Waals surface area contributed by atoms with Crippen molar-refractivity contribution in [3.63, 3.8) is 0 Å². The van der Waals surface area contributed by atoms with E-state index in [1.807, 2.05) is 42.5 Å². The normalized spacial score (nSPS) is 14.9. The van der Waals surface area contributed by atoms with Crippen LogP contribution in [0.25, 0.3) is 0 Å². The average Bonchev–Trinajstić information content (AvgIpc) is 2.60. The molecule has 1 aliphatic heterocycles. The lowest BCUT2D eigenvalue weighted by Gasteiger charge is -2.27. The molecule has 0 aromatic heterocycles. The van der Waals surface area contributed by atoms with Crippen LogP contribution in [-0.2, 0) is 23.0 Å². The third kappa shape index (κ3) is 4.14. The summed E-state index contributed by atoms with van der Waals surface area (Å²) in [6, 6.07) is 13.3. The highest BCUT2D eigenvalue weighted by Crippen LogP contribution is 2.24. The number of hydrogen-bond donors (Lipinski definition) is 1. The zero-order valence-electron chi connectivity index (χ0n) is 15.3. The van der Waals surface area contributed by atoms with Crippen molar-refractivity contribution in [2.75, 3.05) is 18.1 Å². The number of rotatable bonds is 4. The number of hydrogen-bond acceptors (Lipinski definition) is 3. The Bertz CT molecular complexity index is 919. The molecule has 0 spiro atoms. The molecule has 0 bridgehead atoms. The van der Waals surface area contributed by atoms with Crippen molar-refractivity contribution >= 4 is 21.6 Å². The molecule has 0 unspecified atom stereocenters. The number of anilines is 1. The molecule has 1 amide bonds. The van der Waals surface area contributed by atoms with Crippen LogP contribution in [0.2, 0.25) is 0 Å². The highest BCUT2D eigenvalue weighted by Gasteiger charge is 2.23. The Hall–Kier alpha value is -2.18. The first-order valence-electron chi connectivity index (χ1n) is 8.72. The monoisotopic (exact) mass is 372 g/mol. The van der Waals surface area contributed by atoms with Crippen LogP contribution in [-0.4, -0.2) is 31.4 Å². The van der Waals surface area contributed by atoms with Crippen molar-refractivity contribution in [1.29, 1.82) is 0 Å². The predicted octanol–water partition coefficient (Wildman–Crippen LogP) is 3.38. The second-order valence-corrected chi connectivity index (χ2v) is 9.04. The summed E-state index contributed by atoms with van der Waals surface area (Å²) >= 11 is 0. The van der Waals surface area contributed by atoms with E-state index in [4.69, 9.17) is 0 Å². The van der Waals surface area contributed by atoms with Gasteiger partial charge in [-0.2, -0.15) is 4.31 Å². The average molecular weight is 372 g/mol. The van der Waals surface area contributed by atoms with E-state index >= 15 is 0 Å². The molecule has 3 rings (SSSR count). The lowest BCUT2D eigenvalue weighted by molar-refractivity contribution is 0.102. The minimum atomic E-state index is -3.21. The largest absolute Gasteiger partial charge is 0.322 e. The summed E-state index contributed by atoms with van der Waals surface area (Å²) < 4.78 is 25.0. The van der Waals surface area contributed by atoms with Gasteiger partial charge in [0.1, 0.15) is 0 Å². The van der Waals surface area contributed by atoms with E-state index in [-0.39, 0.29) is 5.91 Å². The Morgan fingerprint density at radius 3 is 2.38 bits per heavy atom. The van der Waals surface area contributed by atoms with Gasteiger partial charge in [-0.25, -0.2) is 8.42 Å². The molecule has 26 heavy (non-hydrogen) atoms. The van der Waals surface area contributed by atoms with E-state index < -0.39 is 10.0 Å². The highest BCUT2D eigenvalue weighted by molar-refractivity contribution is 7.88. The zero-order valence-corrected chi connectivity index (χ0v) is 16.1. The zero-order chi connectivity index (χ0) is 18.9. The molecule has 1 N–H and O–H groups in total. The molecule has 0 atom stereocenters.